The van der Waals surface area contributed by atoms with Crippen LogP contribution in [0.15, 0.2) is 10.5 Å². The molecule has 2 rings (SSSR count). The molecule has 14 heavy (non-hydrogen) atoms. The zero-order valence-electron chi connectivity index (χ0n) is 9.42. The number of hydrogen-bond donors (Lipinski definition) is 1. The molecule has 2 N–H and O–H groups in total. The largest absolute Gasteiger partial charge is 0.466 e. The molecule has 78 valence electrons. The molecule has 0 saturated heterocycles. The second-order valence-electron chi connectivity index (χ2n) is 5.19. The van der Waals surface area contributed by atoms with Crippen LogP contribution in [0, 0.1) is 25.2 Å². The summed E-state index contributed by atoms with van der Waals surface area (Å²) >= 11 is 0. The first kappa shape index (κ1) is 9.78. The van der Waals surface area contributed by atoms with Gasteiger partial charge in [0.1, 0.15) is 11.5 Å². The molecule has 1 aliphatic rings. The van der Waals surface area contributed by atoms with Crippen LogP contribution in [-0.4, -0.2) is 0 Å². The molecule has 2 atom stereocenters. The Balaban J connectivity index is 2.20. The lowest BCUT2D eigenvalue weighted by Crippen LogP contribution is -2.15. The zero-order valence-corrected chi connectivity index (χ0v) is 9.42. The maximum atomic E-state index is 6.23. The number of furan rings is 1. The molecule has 1 aliphatic carbocycles. The van der Waals surface area contributed by atoms with Gasteiger partial charge in [0.25, 0.3) is 0 Å². The minimum absolute atomic E-state index is 0.155. The predicted molar refractivity (Wildman–Crippen MR) is 57.0 cm³/mol. The summed E-state index contributed by atoms with van der Waals surface area (Å²) in [4.78, 5) is 0. The molecule has 1 fully saturated rings. The van der Waals surface area contributed by atoms with E-state index in [1.165, 1.54) is 12.0 Å². The van der Waals surface area contributed by atoms with Crippen LogP contribution in [-0.2, 0) is 0 Å². The van der Waals surface area contributed by atoms with Crippen LogP contribution in [0.5, 0.6) is 0 Å². The van der Waals surface area contributed by atoms with Crippen LogP contribution >= 0.6 is 0 Å². The van der Waals surface area contributed by atoms with Crippen LogP contribution in [0.1, 0.15) is 43.4 Å². The third kappa shape index (κ3) is 1.48. The molecule has 0 radical (unpaired) electrons. The summed E-state index contributed by atoms with van der Waals surface area (Å²) in [5.74, 6) is 2.57. The highest BCUT2D eigenvalue weighted by molar-refractivity contribution is 5.26. The summed E-state index contributed by atoms with van der Waals surface area (Å²) in [5.41, 5.74) is 7.85. The highest BCUT2D eigenvalue weighted by Crippen LogP contribution is 2.57. The van der Waals surface area contributed by atoms with Crippen LogP contribution in [0.3, 0.4) is 0 Å². The molecular formula is C12H19NO. The number of aryl methyl sites for hydroxylation is 2. The Labute approximate surface area is 85.5 Å². The summed E-state index contributed by atoms with van der Waals surface area (Å²) in [6.45, 7) is 8.53. The maximum absolute atomic E-state index is 6.23. The van der Waals surface area contributed by atoms with Crippen molar-refractivity contribution in [1.29, 1.82) is 0 Å². The van der Waals surface area contributed by atoms with Crippen LogP contribution < -0.4 is 5.73 Å². The van der Waals surface area contributed by atoms with Crippen LogP contribution in [0.4, 0.5) is 0 Å². The van der Waals surface area contributed by atoms with Gasteiger partial charge in [-0.1, -0.05) is 13.8 Å². The van der Waals surface area contributed by atoms with E-state index >= 15 is 0 Å². The molecular weight excluding hydrogens is 174 g/mol. The second-order valence-corrected chi connectivity index (χ2v) is 5.19. The van der Waals surface area contributed by atoms with Gasteiger partial charge in [-0.05, 0) is 37.7 Å². The molecule has 2 heteroatoms. The standard InChI is InChI=1S/C12H19NO/c1-7-5-9(8(2)14-7)11(13)10-6-12(10,3)4/h5,10-11H,6,13H2,1-4H3. The van der Waals surface area contributed by atoms with E-state index in [2.05, 4.69) is 19.9 Å². The van der Waals surface area contributed by atoms with Crippen molar-refractivity contribution >= 4 is 0 Å². The summed E-state index contributed by atoms with van der Waals surface area (Å²) < 4.78 is 5.50. The van der Waals surface area contributed by atoms with Gasteiger partial charge in [0.15, 0.2) is 0 Å². The Kier molecular flexibility index (Phi) is 2.00. The topological polar surface area (TPSA) is 39.2 Å². The smallest absolute Gasteiger partial charge is 0.105 e. The molecule has 1 aromatic rings. The van der Waals surface area contributed by atoms with Crippen molar-refractivity contribution in [2.24, 2.45) is 17.1 Å². The Bertz CT molecular complexity index is 351. The van der Waals surface area contributed by atoms with Crippen molar-refractivity contribution in [2.75, 3.05) is 0 Å². The monoisotopic (exact) mass is 193 g/mol. The zero-order chi connectivity index (χ0) is 10.5. The molecule has 1 heterocycles. The molecule has 0 amide bonds. The number of nitrogens with two attached hydrogens (primary N) is 1. The summed E-state index contributed by atoms with van der Waals surface area (Å²) in [5, 5.41) is 0. The van der Waals surface area contributed by atoms with E-state index in [9.17, 15) is 0 Å². The Morgan fingerprint density at radius 2 is 2.07 bits per heavy atom. The van der Waals surface area contributed by atoms with Gasteiger partial charge >= 0.3 is 0 Å². The van der Waals surface area contributed by atoms with Gasteiger partial charge in [0.2, 0.25) is 0 Å². The predicted octanol–water partition coefficient (Wildman–Crippen LogP) is 2.94. The molecule has 1 saturated carbocycles. The highest BCUT2D eigenvalue weighted by Gasteiger charge is 2.49. The van der Waals surface area contributed by atoms with Gasteiger partial charge in [-0.2, -0.15) is 0 Å². The van der Waals surface area contributed by atoms with Gasteiger partial charge < -0.3 is 10.2 Å². The number of rotatable bonds is 2. The third-order valence-corrected chi connectivity index (χ3v) is 3.46. The van der Waals surface area contributed by atoms with E-state index in [0.717, 1.165) is 11.5 Å². The van der Waals surface area contributed by atoms with Crippen LogP contribution in [0.25, 0.3) is 0 Å². The van der Waals surface area contributed by atoms with E-state index in [1.807, 2.05) is 13.8 Å². The molecule has 2 unspecified atom stereocenters. The normalized spacial score (nSPS) is 26.2. The lowest BCUT2D eigenvalue weighted by atomic mass is 9.98. The van der Waals surface area contributed by atoms with Crippen molar-refractivity contribution in [1.82, 2.24) is 0 Å². The van der Waals surface area contributed by atoms with E-state index in [1.54, 1.807) is 0 Å². The minimum Gasteiger partial charge on any atom is -0.466 e. The third-order valence-electron chi connectivity index (χ3n) is 3.46. The Morgan fingerprint density at radius 3 is 2.43 bits per heavy atom. The van der Waals surface area contributed by atoms with Crippen molar-refractivity contribution in [3.05, 3.63) is 23.2 Å². The molecule has 0 aromatic carbocycles. The Morgan fingerprint density at radius 1 is 1.50 bits per heavy atom. The second kappa shape index (κ2) is 2.86. The van der Waals surface area contributed by atoms with Crippen molar-refractivity contribution < 1.29 is 4.42 Å². The van der Waals surface area contributed by atoms with Gasteiger partial charge in [-0.15, -0.1) is 0 Å². The van der Waals surface area contributed by atoms with Crippen molar-refractivity contribution in [3.8, 4) is 0 Å². The van der Waals surface area contributed by atoms with Gasteiger partial charge in [0.05, 0.1) is 0 Å². The minimum atomic E-state index is 0.155. The molecule has 2 nitrogen and oxygen atoms in total. The maximum Gasteiger partial charge on any atom is 0.105 e. The van der Waals surface area contributed by atoms with E-state index < -0.39 is 0 Å². The first-order chi connectivity index (χ1) is 6.42. The van der Waals surface area contributed by atoms with E-state index in [4.69, 9.17) is 10.2 Å². The first-order valence-electron chi connectivity index (χ1n) is 5.24. The quantitative estimate of drug-likeness (QED) is 0.784. The molecule has 1 aromatic heterocycles. The van der Waals surface area contributed by atoms with Crippen molar-refractivity contribution in [2.45, 2.75) is 40.2 Å². The van der Waals surface area contributed by atoms with E-state index in [0.29, 0.717) is 11.3 Å². The van der Waals surface area contributed by atoms with Crippen LogP contribution in [0.2, 0.25) is 0 Å². The fourth-order valence-electron chi connectivity index (χ4n) is 2.32. The fourth-order valence-corrected chi connectivity index (χ4v) is 2.32. The van der Waals surface area contributed by atoms with Gasteiger partial charge in [-0.3, -0.25) is 0 Å². The lowest BCUT2D eigenvalue weighted by molar-refractivity contribution is 0.469. The molecule has 0 bridgehead atoms. The summed E-state index contributed by atoms with van der Waals surface area (Å²) in [6.07, 6.45) is 1.23. The van der Waals surface area contributed by atoms with Gasteiger partial charge in [0, 0.05) is 11.6 Å². The average molecular weight is 193 g/mol. The Hall–Kier alpha value is -0.760. The molecule has 0 spiro atoms. The average Bonchev–Trinajstić information content (AvgIpc) is 2.55. The SMILES string of the molecule is Cc1cc(C(N)C2CC2(C)C)c(C)o1. The first-order valence-corrected chi connectivity index (χ1v) is 5.24. The molecule has 0 aliphatic heterocycles. The summed E-state index contributed by atoms with van der Waals surface area (Å²) in [7, 11) is 0. The summed E-state index contributed by atoms with van der Waals surface area (Å²) in [6, 6.07) is 2.23. The van der Waals surface area contributed by atoms with E-state index in [-0.39, 0.29) is 6.04 Å². The van der Waals surface area contributed by atoms with Gasteiger partial charge in [-0.25, -0.2) is 0 Å². The van der Waals surface area contributed by atoms with Crippen molar-refractivity contribution in [3.63, 3.8) is 0 Å². The number of hydrogen-bond acceptors (Lipinski definition) is 2. The fraction of sp³-hybridized carbons (Fsp3) is 0.667. The lowest BCUT2D eigenvalue weighted by Gasteiger charge is -2.12. The highest BCUT2D eigenvalue weighted by atomic mass is 16.3.